The van der Waals surface area contributed by atoms with Crippen molar-refractivity contribution in [1.82, 2.24) is 29.4 Å². The second-order valence-electron chi connectivity index (χ2n) is 7.16. The first-order chi connectivity index (χ1) is 15.3. The molecule has 32 heavy (non-hydrogen) atoms. The Morgan fingerprint density at radius 1 is 0.969 bits per heavy atom. The number of hydrogen-bond acceptors (Lipinski definition) is 5. The lowest BCUT2D eigenvalue weighted by atomic mass is 10.1. The van der Waals surface area contributed by atoms with Crippen LogP contribution in [-0.2, 0) is 6.61 Å². The summed E-state index contributed by atoms with van der Waals surface area (Å²) in [5.41, 5.74) is 1.16. The summed E-state index contributed by atoms with van der Waals surface area (Å²) in [6.07, 6.45) is 2.50. The van der Waals surface area contributed by atoms with Gasteiger partial charge >= 0.3 is 0 Å². The van der Waals surface area contributed by atoms with Gasteiger partial charge in [0.2, 0.25) is 0 Å². The quantitative estimate of drug-likeness (QED) is 0.308. The normalized spacial score (nSPS) is 11.6. The molecule has 11 heteroatoms. The molecule has 0 radical (unpaired) electrons. The fraction of sp³-hybridized carbons (Fsp3) is 0.143. The van der Waals surface area contributed by atoms with Crippen molar-refractivity contribution in [2.24, 2.45) is 0 Å². The van der Waals surface area contributed by atoms with Crippen LogP contribution in [-0.4, -0.2) is 29.4 Å². The molecule has 5 aromatic rings. The van der Waals surface area contributed by atoms with Crippen molar-refractivity contribution in [3.8, 4) is 11.4 Å². The Morgan fingerprint density at radius 3 is 2.34 bits per heavy atom. The van der Waals surface area contributed by atoms with E-state index in [9.17, 15) is 17.6 Å². The van der Waals surface area contributed by atoms with Crippen LogP contribution in [0, 0.1) is 37.1 Å². The molecule has 0 saturated carbocycles. The van der Waals surface area contributed by atoms with Crippen LogP contribution >= 0.6 is 0 Å². The number of ether oxygens (including phenoxy) is 1. The SMILES string of the molecule is Cc1cccc(C)c1OCc1nc2c3cnn(-c4c(F)c(F)cc(F)c4F)c3ncn2n1. The molecule has 0 N–H and O–H groups in total. The molecular formula is C21H14F4N6O. The predicted octanol–water partition coefficient (Wildman–Crippen LogP) is 4.22. The molecule has 3 heterocycles. The van der Waals surface area contributed by atoms with Gasteiger partial charge in [-0.05, 0) is 25.0 Å². The van der Waals surface area contributed by atoms with Gasteiger partial charge in [-0.3, -0.25) is 0 Å². The molecule has 2 aromatic carbocycles. The van der Waals surface area contributed by atoms with E-state index in [-0.39, 0.29) is 23.7 Å². The maximum atomic E-state index is 14.3. The van der Waals surface area contributed by atoms with Crippen LogP contribution in [0.5, 0.6) is 5.75 Å². The number of aryl methyl sites for hydroxylation is 2. The van der Waals surface area contributed by atoms with Crippen LogP contribution in [0.15, 0.2) is 36.8 Å². The van der Waals surface area contributed by atoms with Gasteiger partial charge in [0, 0.05) is 6.07 Å². The zero-order chi connectivity index (χ0) is 22.6. The van der Waals surface area contributed by atoms with Gasteiger partial charge in [-0.1, -0.05) is 18.2 Å². The van der Waals surface area contributed by atoms with Crippen LogP contribution in [0.1, 0.15) is 17.0 Å². The molecule has 5 rings (SSSR count). The fourth-order valence-corrected chi connectivity index (χ4v) is 3.50. The number of nitrogens with zero attached hydrogens (tertiary/aromatic N) is 6. The van der Waals surface area contributed by atoms with E-state index in [0.717, 1.165) is 16.9 Å². The Labute approximate surface area is 177 Å². The van der Waals surface area contributed by atoms with E-state index in [0.29, 0.717) is 16.2 Å². The van der Waals surface area contributed by atoms with Crippen LogP contribution in [0.3, 0.4) is 0 Å². The Balaban J connectivity index is 1.57. The molecule has 0 aliphatic carbocycles. The summed E-state index contributed by atoms with van der Waals surface area (Å²) < 4.78 is 63.8. The highest BCUT2D eigenvalue weighted by molar-refractivity contribution is 5.89. The highest BCUT2D eigenvalue weighted by atomic mass is 19.2. The Hall–Kier alpha value is -4.02. The Kier molecular flexibility index (Phi) is 4.54. The number of para-hydroxylation sites is 1. The summed E-state index contributed by atoms with van der Waals surface area (Å²) in [6.45, 7) is 3.92. The van der Waals surface area contributed by atoms with Crippen molar-refractivity contribution in [1.29, 1.82) is 0 Å². The first-order valence-corrected chi connectivity index (χ1v) is 9.45. The van der Waals surface area contributed by atoms with Gasteiger partial charge in [0.15, 0.2) is 40.4 Å². The smallest absolute Gasteiger partial charge is 0.189 e. The van der Waals surface area contributed by atoms with Gasteiger partial charge in [-0.2, -0.15) is 5.10 Å². The molecule has 0 atom stereocenters. The third kappa shape index (κ3) is 3.04. The highest BCUT2D eigenvalue weighted by Crippen LogP contribution is 2.27. The minimum absolute atomic E-state index is 0.0464. The van der Waals surface area contributed by atoms with Crippen molar-refractivity contribution in [3.05, 3.63) is 77.0 Å². The fourth-order valence-electron chi connectivity index (χ4n) is 3.50. The first-order valence-electron chi connectivity index (χ1n) is 9.45. The van der Waals surface area contributed by atoms with Crippen molar-refractivity contribution < 1.29 is 22.3 Å². The lowest BCUT2D eigenvalue weighted by Crippen LogP contribution is -2.08. The minimum Gasteiger partial charge on any atom is -0.485 e. The van der Waals surface area contributed by atoms with E-state index in [1.807, 2.05) is 32.0 Å². The monoisotopic (exact) mass is 442 g/mol. The second kappa shape index (κ2) is 7.29. The average molecular weight is 442 g/mol. The van der Waals surface area contributed by atoms with Gasteiger partial charge in [-0.25, -0.2) is 36.7 Å². The third-order valence-electron chi connectivity index (χ3n) is 5.00. The largest absolute Gasteiger partial charge is 0.485 e. The lowest BCUT2D eigenvalue weighted by molar-refractivity contribution is 0.292. The number of halogens is 4. The van der Waals surface area contributed by atoms with E-state index in [2.05, 4.69) is 20.2 Å². The summed E-state index contributed by atoms with van der Waals surface area (Å²) in [5.74, 6) is -5.20. The molecule has 0 fully saturated rings. The summed E-state index contributed by atoms with van der Waals surface area (Å²) in [6, 6.07) is 5.91. The molecule has 0 bridgehead atoms. The standard InChI is InChI=1S/C21H14F4N6O/c1-10-4-3-5-11(2)19(10)32-8-15-28-21-12-7-27-31(20(12)26-9-30(21)29-15)18-16(24)13(22)6-14(23)17(18)25/h3-7,9H,8H2,1-2H3. The van der Waals surface area contributed by atoms with Crippen molar-refractivity contribution >= 4 is 16.7 Å². The highest BCUT2D eigenvalue weighted by Gasteiger charge is 2.24. The van der Waals surface area contributed by atoms with E-state index < -0.39 is 29.0 Å². The van der Waals surface area contributed by atoms with Crippen LogP contribution in [0.25, 0.3) is 22.4 Å². The molecule has 7 nitrogen and oxygen atoms in total. The van der Waals surface area contributed by atoms with Crippen LogP contribution in [0.2, 0.25) is 0 Å². The topological polar surface area (TPSA) is 70.1 Å². The zero-order valence-corrected chi connectivity index (χ0v) is 16.8. The van der Waals surface area contributed by atoms with Gasteiger partial charge < -0.3 is 4.74 Å². The molecular weight excluding hydrogens is 428 g/mol. The number of rotatable bonds is 4. The maximum Gasteiger partial charge on any atom is 0.189 e. The van der Waals surface area contributed by atoms with E-state index in [1.165, 1.54) is 17.0 Å². The van der Waals surface area contributed by atoms with Crippen molar-refractivity contribution in [3.63, 3.8) is 0 Å². The van der Waals surface area contributed by atoms with E-state index >= 15 is 0 Å². The molecule has 0 amide bonds. The number of hydrogen-bond donors (Lipinski definition) is 0. The summed E-state index contributed by atoms with van der Waals surface area (Å²) in [5, 5.41) is 8.45. The van der Waals surface area contributed by atoms with Gasteiger partial charge in [-0.15, -0.1) is 5.10 Å². The summed E-state index contributed by atoms with van der Waals surface area (Å²) in [4.78, 5) is 8.49. The van der Waals surface area contributed by atoms with Crippen LogP contribution < -0.4 is 4.74 Å². The lowest BCUT2D eigenvalue weighted by Gasteiger charge is -2.09. The minimum atomic E-state index is -1.58. The first kappa shape index (κ1) is 19.9. The van der Waals surface area contributed by atoms with Gasteiger partial charge in [0.1, 0.15) is 24.4 Å². The van der Waals surface area contributed by atoms with Crippen molar-refractivity contribution in [2.45, 2.75) is 20.5 Å². The average Bonchev–Trinajstić information content (AvgIpc) is 3.36. The van der Waals surface area contributed by atoms with Gasteiger partial charge in [0.05, 0.1) is 11.6 Å². The number of aromatic nitrogens is 6. The Bertz CT molecular complexity index is 1460. The van der Waals surface area contributed by atoms with Gasteiger partial charge in [0.25, 0.3) is 0 Å². The molecule has 162 valence electrons. The number of benzene rings is 2. The molecule has 0 unspecified atom stereocenters. The molecule has 0 saturated heterocycles. The molecule has 0 aliphatic heterocycles. The second-order valence-corrected chi connectivity index (χ2v) is 7.16. The zero-order valence-electron chi connectivity index (χ0n) is 16.8. The van der Waals surface area contributed by atoms with E-state index in [4.69, 9.17) is 4.74 Å². The van der Waals surface area contributed by atoms with Crippen molar-refractivity contribution in [2.75, 3.05) is 0 Å². The number of fused-ring (bicyclic) bond motifs is 3. The summed E-state index contributed by atoms with van der Waals surface area (Å²) >= 11 is 0. The summed E-state index contributed by atoms with van der Waals surface area (Å²) in [7, 11) is 0. The van der Waals surface area contributed by atoms with E-state index in [1.54, 1.807) is 0 Å². The predicted molar refractivity (Wildman–Crippen MR) is 105 cm³/mol. The Morgan fingerprint density at radius 2 is 1.66 bits per heavy atom. The van der Waals surface area contributed by atoms with Crippen LogP contribution in [0.4, 0.5) is 17.6 Å². The maximum absolute atomic E-state index is 14.3. The molecule has 0 aliphatic rings. The molecule has 3 aromatic heterocycles. The molecule has 0 spiro atoms. The third-order valence-corrected chi connectivity index (χ3v) is 5.00.